The summed E-state index contributed by atoms with van der Waals surface area (Å²) < 4.78 is 112. The van der Waals surface area contributed by atoms with Crippen molar-refractivity contribution in [2.45, 2.75) is 51.3 Å². The van der Waals surface area contributed by atoms with Gasteiger partial charge in [-0.3, -0.25) is 4.90 Å². The van der Waals surface area contributed by atoms with Crippen LogP contribution in [0.1, 0.15) is 36.2 Å². The fraction of sp³-hybridized carbons (Fsp3) is 0.467. The maximum absolute atomic E-state index is 13.7. The Kier molecular flexibility index (Phi) is 11.0. The first-order valence-corrected chi connectivity index (χ1v) is 14.7. The molecule has 3 aromatic rings. The number of rotatable bonds is 5. The molecule has 4 heterocycles. The molecule has 0 saturated carbocycles. The van der Waals surface area contributed by atoms with Gasteiger partial charge in [-0.1, -0.05) is 0 Å². The zero-order chi connectivity index (χ0) is 35.4. The standard InChI is InChI=1S/C28H31F6N7.C2HF3O2/c1-18(2)39-14-16-41(17-15-39)26-37-23-10-13-40(25-22(28(32,33)34)4-3-11-35-25)12-9-21(23)24(38-26)36-20-7-5-19(6-8-20)27(29,30)31;3-2(4,5)1(6)7/h3-8,11,18H,9-10,12-17H2,1-2H3,(H,36,37,38);(H,6,7). The average molecular weight is 694 g/mol. The second-order valence-corrected chi connectivity index (χ2v) is 11.3. The Bertz CT molecular complexity index is 1550. The van der Waals surface area contributed by atoms with Gasteiger partial charge in [0.1, 0.15) is 11.6 Å². The number of nitrogens with zero attached hydrogens (tertiary/aromatic N) is 6. The van der Waals surface area contributed by atoms with E-state index in [2.05, 4.69) is 33.9 Å². The van der Waals surface area contributed by atoms with Crippen LogP contribution in [0.5, 0.6) is 0 Å². The number of aliphatic carboxylic acids is 1. The zero-order valence-corrected chi connectivity index (χ0v) is 25.7. The highest BCUT2D eigenvalue weighted by Gasteiger charge is 2.38. The summed E-state index contributed by atoms with van der Waals surface area (Å²) >= 11 is 0. The van der Waals surface area contributed by atoms with Crippen LogP contribution in [0, 0.1) is 0 Å². The Balaban J connectivity index is 0.000000671. The van der Waals surface area contributed by atoms with Gasteiger partial charge in [-0.05, 0) is 56.7 Å². The predicted molar refractivity (Wildman–Crippen MR) is 158 cm³/mol. The lowest BCUT2D eigenvalue weighted by Gasteiger charge is -2.37. The quantitative estimate of drug-likeness (QED) is 0.294. The van der Waals surface area contributed by atoms with Crippen molar-refractivity contribution in [1.29, 1.82) is 0 Å². The lowest BCUT2D eigenvalue weighted by atomic mass is 10.1. The number of pyridine rings is 1. The third kappa shape index (κ3) is 9.17. The smallest absolute Gasteiger partial charge is 0.475 e. The van der Waals surface area contributed by atoms with Crippen LogP contribution < -0.4 is 15.1 Å². The highest BCUT2D eigenvalue weighted by atomic mass is 19.4. The summed E-state index contributed by atoms with van der Waals surface area (Å²) in [4.78, 5) is 28.6. The molecule has 18 heteroatoms. The van der Waals surface area contributed by atoms with Crippen molar-refractivity contribution in [1.82, 2.24) is 19.9 Å². The topological polar surface area (TPSA) is 97.7 Å². The lowest BCUT2D eigenvalue weighted by Crippen LogP contribution is -2.49. The number of piperazine rings is 1. The molecule has 262 valence electrons. The van der Waals surface area contributed by atoms with E-state index in [9.17, 15) is 39.5 Å². The molecular weight excluding hydrogens is 661 g/mol. The molecule has 1 fully saturated rings. The highest BCUT2D eigenvalue weighted by molar-refractivity contribution is 5.73. The predicted octanol–water partition coefficient (Wildman–Crippen LogP) is 6.42. The average Bonchev–Trinajstić information content (AvgIpc) is 3.23. The number of aromatic nitrogens is 3. The second kappa shape index (κ2) is 14.4. The molecular formula is C30H32F9N7O2. The van der Waals surface area contributed by atoms with Crippen molar-refractivity contribution in [3.05, 3.63) is 65.0 Å². The summed E-state index contributed by atoms with van der Waals surface area (Å²) in [7, 11) is 0. The van der Waals surface area contributed by atoms with Crippen molar-refractivity contribution in [2.24, 2.45) is 0 Å². The molecule has 2 N–H and O–H groups in total. The van der Waals surface area contributed by atoms with Crippen molar-refractivity contribution in [3.63, 3.8) is 0 Å². The Labute approximate surface area is 269 Å². The number of nitrogens with one attached hydrogen (secondary N) is 1. The number of fused-ring (bicyclic) bond motifs is 1. The first-order chi connectivity index (χ1) is 22.3. The number of anilines is 4. The number of carboxylic acids is 1. The summed E-state index contributed by atoms with van der Waals surface area (Å²) in [5.41, 5.74) is 0.271. The van der Waals surface area contributed by atoms with E-state index in [-0.39, 0.29) is 18.9 Å². The van der Waals surface area contributed by atoms with Crippen LogP contribution in [-0.2, 0) is 30.0 Å². The SMILES string of the molecule is CC(C)N1CCN(c2nc3c(c(Nc4ccc(C(F)(F)F)cc4)n2)CCN(c2ncccc2C(F)(F)F)CC3)CC1.O=C(O)C(F)(F)F. The van der Waals surface area contributed by atoms with Crippen LogP contribution in [0.25, 0.3) is 0 Å². The first-order valence-electron chi connectivity index (χ1n) is 14.7. The van der Waals surface area contributed by atoms with E-state index >= 15 is 0 Å². The van der Waals surface area contributed by atoms with Crippen molar-refractivity contribution in [2.75, 3.05) is 54.4 Å². The molecule has 5 rings (SSSR count). The molecule has 0 bridgehead atoms. The summed E-state index contributed by atoms with van der Waals surface area (Å²) in [6, 6.07) is 7.36. The molecule has 1 saturated heterocycles. The van der Waals surface area contributed by atoms with E-state index in [0.29, 0.717) is 55.1 Å². The van der Waals surface area contributed by atoms with Gasteiger partial charge in [-0.25, -0.2) is 14.8 Å². The van der Waals surface area contributed by atoms with E-state index in [0.717, 1.165) is 36.9 Å². The summed E-state index contributed by atoms with van der Waals surface area (Å²) in [6.45, 7) is 7.84. The molecule has 0 amide bonds. The summed E-state index contributed by atoms with van der Waals surface area (Å²) in [5.74, 6) is -1.96. The Morgan fingerprint density at radius 3 is 1.96 bits per heavy atom. The highest BCUT2D eigenvalue weighted by Crippen LogP contribution is 2.37. The van der Waals surface area contributed by atoms with Crippen LogP contribution in [0.2, 0.25) is 0 Å². The van der Waals surface area contributed by atoms with E-state index in [4.69, 9.17) is 19.9 Å². The minimum atomic E-state index is -5.08. The maximum Gasteiger partial charge on any atom is 0.490 e. The lowest BCUT2D eigenvalue weighted by molar-refractivity contribution is -0.192. The summed E-state index contributed by atoms with van der Waals surface area (Å²) in [5, 5.41) is 10.3. The molecule has 2 aliphatic rings. The van der Waals surface area contributed by atoms with Crippen LogP contribution in [0.3, 0.4) is 0 Å². The monoisotopic (exact) mass is 693 g/mol. The van der Waals surface area contributed by atoms with Crippen LogP contribution in [0.15, 0.2) is 42.6 Å². The van der Waals surface area contributed by atoms with Gasteiger partial charge in [0.15, 0.2) is 0 Å². The van der Waals surface area contributed by atoms with Gasteiger partial charge in [0, 0.05) is 69.2 Å². The first kappa shape index (κ1) is 36.5. The Morgan fingerprint density at radius 1 is 0.812 bits per heavy atom. The molecule has 48 heavy (non-hydrogen) atoms. The molecule has 0 unspecified atom stereocenters. The number of carboxylic acid groups (broad SMARTS) is 1. The fourth-order valence-corrected chi connectivity index (χ4v) is 5.23. The van der Waals surface area contributed by atoms with E-state index in [1.807, 2.05) is 0 Å². The van der Waals surface area contributed by atoms with Gasteiger partial charge in [0.25, 0.3) is 0 Å². The zero-order valence-electron chi connectivity index (χ0n) is 25.7. The molecule has 2 aromatic heterocycles. The third-order valence-electron chi connectivity index (χ3n) is 7.77. The minimum Gasteiger partial charge on any atom is -0.475 e. The van der Waals surface area contributed by atoms with Crippen molar-refractivity contribution in [3.8, 4) is 0 Å². The molecule has 0 aliphatic carbocycles. The van der Waals surface area contributed by atoms with E-state index in [1.165, 1.54) is 24.4 Å². The molecule has 0 spiro atoms. The number of carbonyl (C=O) groups is 1. The number of alkyl halides is 9. The molecule has 0 atom stereocenters. The maximum atomic E-state index is 13.7. The minimum absolute atomic E-state index is 0.136. The number of benzene rings is 1. The normalized spacial score (nSPS) is 16.2. The third-order valence-corrected chi connectivity index (χ3v) is 7.77. The van der Waals surface area contributed by atoms with Crippen LogP contribution >= 0.6 is 0 Å². The van der Waals surface area contributed by atoms with Gasteiger partial charge in [-0.15, -0.1) is 0 Å². The summed E-state index contributed by atoms with van der Waals surface area (Å²) in [6.07, 6.45) is -12.1. The molecule has 0 radical (unpaired) electrons. The van der Waals surface area contributed by atoms with Gasteiger partial charge in [0.05, 0.1) is 16.8 Å². The van der Waals surface area contributed by atoms with Gasteiger partial charge < -0.3 is 20.2 Å². The van der Waals surface area contributed by atoms with Gasteiger partial charge >= 0.3 is 24.5 Å². The fourth-order valence-electron chi connectivity index (χ4n) is 5.23. The number of hydrogen-bond acceptors (Lipinski definition) is 8. The van der Waals surface area contributed by atoms with E-state index < -0.39 is 35.6 Å². The molecule has 9 nitrogen and oxygen atoms in total. The van der Waals surface area contributed by atoms with Crippen molar-refractivity contribution < 1.29 is 49.4 Å². The van der Waals surface area contributed by atoms with Gasteiger partial charge in [-0.2, -0.15) is 44.5 Å². The largest absolute Gasteiger partial charge is 0.490 e. The molecule has 2 aliphatic heterocycles. The number of halogens is 9. The van der Waals surface area contributed by atoms with Gasteiger partial charge in [0.2, 0.25) is 5.95 Å². The Morgan fingerprint density at radius 2 is 1.42 bits per heavy atom. The molecule has 1 aromatic carbocycles. The van der Waals surface area contributed by atoms with Crippen LogP contribution in [-0.4, -0.2) is 82.4 Å². The van der Waals surface area contributed by atoms with E-state index in [1.54, 1.807) is 4.90 Å². The van der Waals surface area contributed by atoms with Crippen LogP contribution in [0.4, 0.5) is 62.8 Å². The second-order valence-electron chi connectivity index (χ2n) is 11.3. The Hall–Kier alpha value is -4.35. The number of hydrogen-bond donors (Lipinski definition) is 2. The van der Waals surface area contributed by atoms with Crippen molar-refractivity contribution >= 4 is 29.2 Å².